The molecule has 0 bridgehead atoms. The predicted molar refractivity (Wildman–Crippen MR) is 129 cm³/mol. The van der Waals surface area contributed by atoms with Gasteiger partial charge in [0.05, 0.1) is 41.1 Å². The first kappa shape index (κ1) is 22.9. The van der Waals surface area contributed by atoms with Crippen molar-refractivity contribution in [3.8, 4) is 5.75 Å². The lowest BCUT2D eigenvalue weighted by Gasteiger charge is -2.19. The fraction of sp³-hybridized carbons (Fsp3) is 0.208. The number of sulfone groups is 1. The van der Waals surface area contributed by atoms with Crippen LogP contribution >= 0.6 is 11.3 Å². The van der Waals surface area contributed by atoms with E-state index in [2.05, 4.69) is 4.98 Å². The molecule has 0 saturated heterocycles. The van der Waals surface area contributed by atoms with Crippen molar-refractivity contribution in [2.24, 2.45) is 0 Å². The molecular weight excluding hydrogens is 458 g/mol. The van der Waals surface area contributed by atoms with E-state index in [1.165, 1.54) is 11.3 Å². The number of pyridine rings is 1. The Hall–Kier alpha value is -3.30. The van der Waals surface area contributed by atoms with E-state index in [1.807, 2.05) is 36.4 Å². The summed E-state index contributed by atoms with van der Waals surface area (Å²) in [5, 5.41) is 0.551. The van der Waals surface area contributed by atoms with Crippen molar-refractivity contribution >= 4 is 42.4 Å². The Labute approximate surface area is 196 Å². The highest BCUT2D eigenvalue weighted by molar-refractivity contribution is 7.91. The molecule has 0 saturated carbocycles. The topological polar surface area (TPSA) is 89.5 Å². The van der Waals surface area contributed by atoms with Gasteiger partial charge in [0.1, 0.15) is 11.3 Å². The molecule has 2 aromatic heterocycles. The number of aromatic nitrogens is 2. The summed E-state index contributed by atoms with van der Waals surface area (Å²) in [5.74, 6) is 0.516. The Morgan fingerprint density at radius 3 is 2.52 bits per heavy atom. The van der Waals surface area contributed by atoms with Crippen LogP contribution < -0.4 is 9.64 Å². The van der Waals surface area contributed by atoms with Gasteiger partial charge in [-0.1, -0.05) is 42.5 Å². The quantitative estimate of drug-likeness (QED) is 0.373. The lowest BCUT2D eigenvalue weighted by Crippen LogP contribution is -2.32. The molecule has 0 aliphatic carbocycles. The minimum Gasteiger partial charge on any atom is -0.494 e. The second-order valence-electron chi connectivity index (χ2n) is 7.33. The van der Waals surface area contributed by atoms with Crippen LogP contribution in [-0.2, 0) is 27.6 Å². The number of methoxy groups -OCH3 is 1. The third-order valence-electron chi connectivity index (χ3n) is 5.19. The number of fused-ring (bicyclic) bond motifs is 1. The summed E-state index contributed by atoms with van der Waals surface area (Å²) in [6, 6.07) is 17.7. The molecule has 170 valence electrons. The highest BCUT2D eigenvalue weighted by Crippen LogP contribution is 2.34. The second-order valence-corrected chi connectivity index (χ2v) is 10.6. The highest BCUT2D eigenvalue weighted by atomic mass is 32.2. The number of hydrogen-bond acceptors (Lipinski definition) is 7. The number of anilines is 1. The molecule has 4 aromatic rings. The molecule has 0 aliphatic rings. The molecule has 4 rings (SSSR count). The molecule has 0 atom stereocenters. The van der Waals surface area contributed by atoms with E-state index < -0.39 is 9.84 Å². The van der Waals surface area contributed by atoms with Gasteiger partial charge in [-0.15, -0.1) is 0 Å². The smallest absolute Gasteiger partial charge is 0.233 e. The zero-order valence-corrected chi connectivity index (χ0v) is 19.9. The zero-order chi connectivity index (χ0) is 23.4. The maximum absolute atomic E-state index is 13.4. The van der Waals surface area contributed by atoms with Crippen LogP contribution in [0.1, 0.15) is 18.2 Å². The third kappa shape index (κ3) is 5.04. The molecule has 33 heavy (non-hydrogen) atoms. The molecule has 9 heteroatoms. The summed E-state index contributed by atoms with van der Waals surface area (Å²) in [6.07, 6.45) is 1.79. The minimum absolute atomic E-state index is 0.0319. The van der Waals surface area contributed by atoms with Crippen LogP contribution in [0.2, 0.25) is 0 Å². The lowest BCUT2D eigenvalue weighted by atomic mass is 10.1. The molecule has 2 heterocycles. The molecule has 0 radical (unpaired) electrons. The van der Waals surface area contributed by atoms with Crippen molar-refractivity contribution in [2.45, 2.75) is 24.8 Å². The molecule has 0 fully saturated rings. The molecule has 0 unspecified atom stereocenters. The highest BCUT2D eigenvalue weighted by Gasteiger charge is 2.22. The number of benzene rings is 2. The lowest BCUT2D eigenvalue weighted by molar-refractivity contribution is -0.118. The minimum atomic E-state index is -3.29. The van der Waals surface area contributed by atoms with Gasteiger partial charge in [-0.2, -0.15) is 0 Å². The Morgan fingerprint density at radius 2 is 1.85 bits per heavy atom. The van der Waals surface area contributed by atoms with Gasteiger partial charge in [-0.05, 0) is 42.0 Å². The average molecular weight is 482 g/mol. The molecule has 7 nitrogen and oxygen atoms in total. The average Bonchev–Trinajstić information content (AvgIpc) is 3.27. The summed E-state index contributed by atoms with van der Waals surface area (Å²) in [7, 11) is -1.70. The number of carbonyl (C=O) groups is 1. The van der Waals surface area contributed by atoms with Crippen LogP contribution in [0.3, 0.4) is 0 Å². The van der Waals surface area contributed by atoms with E-state index in [9.17, 15) is 13.2 Å². The number of ether oxygens (including phenoxy) is 1. The Balaban J connectivity index is 1.66. The molecule has 0 aliphatic heterocycles. The maximum atomic E-state index is 13.4. The summed E-state index contributed by atoms with van der Waals surface area (Å²) >= 11 is 1.41. The molecule has 0 N–H and O–H groups in total. The van der Waals surface area contributed by atoms with Gasteiger partial charge >= 0.3 is 0 Å². The van der Waals surface area contributed by atoms with Gasteiger partial charge in [0.15, 0.2) is 15.0 Å². The van der Waals surface area contributed by atoms with Crippen LogP contribution in [-0.4, -0.2) is 37.2 Å². The molecular formula is C24H23N3O4S2. The molecule has 0 spiro atoms. The van der Waals surface area contributed by atoms with E-state index in [0.29, 0.717) is 16.4 Å². The fourth-order valence-corrected chi connectivity index (χ4v) is 5.24. The Bertz CT molecular complexity index is 1370. The summed E-state index contributed by atoms with van der Waals surface area (Å²) in [4.78, 5) is 24.3. The van der Waals surface area contributed by atoms with Crippen LogP contribution in [0.25, 0.3) is 10.2 Å². The number of hydrogen-bond donors (Lipinski definition) is 0. The van der Waals surface area contributed by atoms with E-state index in [4.69, 9.17) is 9.72 Å². The van der Waals surface area contributed by atoms with Gasteiger partial charge in [-0.25, -0.2) is 13.4 Å². The number of rotatable bonds is 8. The van der Waals surface area contributed by atoms with Crippen molar-refractivity contribution in [1.29, 1.82) is 0 Å². The fourth-order valence-electron chi connectivity index (χ4n) is 3.36. The van der Waals surface area contributed by atoms with Crippen molar-refractivity contribution < 1.29 is 17.9 Å². The van der Waals surface area contributed by atoms with E-state index in [-0.39, 0.29) is 29.5 Å². The SMILES string of the molecule is CCS(=O)(=O)c1ccc(CC(=O)N(Cc2ccccn2)c2nc3c(OC)cccc3s2)cc1. The van der Waals surface area contributed by atoms with Gasteiger partial charge in [0.2, 0.25) is 5.91 Å². The monoisotopic (exact) mass is 481 g/mol. The van der Waals surface area contributed by atoms with Crippen LogP contribution in [0.15, 0.2) is 71.8 Å². The number of thiazole rings is 1. The first-order valence-electron chi connectivity index (χ1n) is 10.4. The third-order valence-corrected chi connectivity index (χ3v) is 7.98. The van der Waals surface area contributed by atoms with Gasteiger partial charge in [0.25, 0.3) is 0 Å². The van der Waals surface area contributed by atoms with Crippen molar-refractivity contribution in [2.75, 3.05) is 17.8 Å². The summed E-state index contributed by atoms with van der Waals surface area (Å²) < 4.78 is 30.5. The predicted octanol–water partition coefficient (Wildman–Crippen LogP) is 4.27. The number of nitrogens with zero attached hydrogens (tertiary/aromatic N) is 3. The largest absolute Gasteiger partial charge is 0.494 e. The van der Waals surface area contributed by atoms with Gasteiger partial charge in [-0.3, -0.25) is 14.7 Å². The van der Waals surface area contributed by atoms with Gasteiger partial charge in [0, 0.05) is 6.20 Å². The van der Waals surface area contributed by atoms with E-state index in [1.54, 1.807) is 49.4 Å². The molecule has 2 aromatic carbocycles. The summed E-state index contributed by atoms with van der Waals surface area (Å²) in [5.41, 5.74) is 2.16. The first-order chi connectivity index (χ1) is 15.9. The number of amides is 1. The van der Waals surface area contributed by atoms with Crippen LogP contribution in [0.5, 0.6) is 5.75 Å². The van der Waals surface area contributed by atoms with Gasteiger partial charge < -0.3 is 4.74 Å². The van der Waals surface area contributed by atoms with E-state index >= 15 is 0 Å². The first-order valence-corrected chi connectivity index (χ1v) is 12.8. The normalized spacial score (nSPS) is 11.5. The van der Waals surface area contributed by atoms with E-state index in [0.717, 1.165) is 16.0 Å². The zero-order valence-electron chi connectivity index (χ0n) is 18.3. The number of para-hydroxylation sites is 1. The van der Waals surface area contributed by atoms with Crippen molar-refractivity contribution in [3.63, 3.8) is 0 Å². The Kier molecular flexibility index (Phi) is 6.71. The second kappa shape index (κ2) is 9.68. The Morgan fingerprint density at radius 1 is 1.06 bits per heavy atom. The standard InChI is InChI=1S/C24H23N3O4S2/c1-3-33(29,30)19-12-10-17(11-13-19)15-22(28)27(16-18-7-4-5-14-25-18)24-26-23-20(31-2)8-6-9-21(23)32-24/h4-14H,3,15-16H2,1-2H3. The maximum Gasteiger partial charge on any atom is 0.233 e. The van der Waals surface area contributed by atoms with Crippen molar-refractivity contribution in [3.05, 3.63) is 78.1 Å². The van der Waals surface area contributed by atoms with Crippen LogP contribution in [0, 0.1) is 0 Å². The summed E-state index contributed by atoms with van der Waals surface area (Å²) in [6.45, 7) is 1.87. The van der Waals surface area contributed by atoms with Crippen LogP contribution in [0.4, 0.5) is 5.13 Å². The number of carbonyl (C=O) groups excluding carboxylic acids is 1. The molecule has 1 amide bonds. The van der Waals surface area contributed by atoms with Crippen molar-refractivity contribution in [1.82, 2.24) is 9.97 Å².